The van der Waals surface area contributed by atoms with Crippen LogP contribution in [0.4, 0.5) is 5.00 Å². The van der Waals surface area contributed by atoms with Gasteiger partial charge in [-0.3, -0.25) is 9.59 Å². The second-order valence-electron chi connectivity index (χ2n) is 6.68. The number of halogens is 1. The van der Waals surface area contributed by atoms with E-state index in [-0.39, 0.29) is 11.5 Å². The van der Waals surface area contributed by atoms with E-state index >= 15 is 0 Å². The van der Waals surface area contributed by atoms with Crippen molar-refractivity contribution in [3.8, 4) is 11.1 Å². The molecule has 1 aromatic heterocycles. The summed E-state index contributed by atoms with van der Waals surface area (Å²) < 4.78 is 4.90. The minimum atomic E-state index is -0.957. The first-order chi connectivity index (χ1) is 13.4. The average Bonchev–Trinajstić information content (AvgIpc) is 3.11. The van der Waals surface area contributed by atoms with Gasteiger partial charge in [-0.05, 0) is 30.5 Å². The molecule has 0 bridgehead atoms. The first-order valence-electron chi connectivity index (χ1n) is 8.91. The van der Waals surface area contributed by atoms with E-state index in [0.29, 0.717) is 28.4 Å². The maximum atomic E-state index is 12.8. The summed E-state index contributed by atoms with van der Waals surface area (Å²) in [6.07, 6.45) is 2.61. The van der Waals surface area contributed by atoms with E-state index in [4.69, 9.17) is 16.3 Å². The average molecular weight is 422 g/mol. The number of carbonyl (C=O) groups excluding carboxylic acids is 2. The maximum Gasteiger partial charge on any atom is 0.341 e. The Balaban J connectivity index is 1.91. The number of methoxy groups -OCH3 is 1. The number of ether oxygens (including phenoxy) is 1. The van der Waals surface area contributed by atoms with Crippen LogP contribution in [0, 0.1) is 11.8 Å². The number of hydrogen-bond acceptors (Lipinski definition) is 5. The highest BCUT2D eigenvalue weighted by molar-refractivity contribution is 7.15. The Morgan fingerprint density at radius 3 is 2.39 bits per heavy atom. The number of carboxylic acids is 1. The molecule has 1 aliphatic carbocycles. The standard InChI is InChI=1S/C20H20ClNO5S/c1-27-20(26)16-15(11-6-8-12(21)9-7-11)10-28-18(16)22-17(23)13-4-2-3-5-14(13)19(24)25/h6-10,13-14H,2-5H2,1H3,(H,22,23)(H,24,25). The van der Waals surface area contributed by atoms with Crippen LogP contribution in [0.3, 0.4) is 0 Å². The lowest BCUT2D eigenvalue weighted by atomic mass is 9.79. The van der Waals surface area contributed by atoms with Gasteiger partial charge in [0.1, 0.15) is 10.6 Å². The van der Waals surface area contributed by atoms with Crippen LogP contribution in [-0.2, 0) is 14.3 Å². The molecule has 1 saturated carbocycles. The number of anilines is 1. The van der Waals surface area contributed by atoms with E-state index in [9.17, 15) is 19.5 Å². The molecule has 1 fully saturated rings. The Hall–Kier alpha value is -2.38. The summed E-state index contributed by atoms with van der Waals surface area (Å²) in [6, 6.07) is 6.99. The van der Waals surface area contributed by atoms with Crippen molar-refractivity contribution in [3.05, 3.63) is 40.2 Å². The summed E-state index contributed by atoms with van der Waals surface area (Å²) >= 11 is 7.14. The van der Waals surface area contributed by atoms with Crippen molar-refractivity contribution in [2.24, 2.45) is 11.8 Å². The number of amides is 1. The van der Waals surface area contributed by atoms with Crippen LogP contribution in [0.25, 0.3) is 11.1 Å². The fourth-order valence-corrected chi connectivity index (χ4v) is 4.63. The molecule has 1 amide bonds. The normalized spacial score (nSPS) is 19.1. The van der Waals surface area contributed by atoms with Gasteiger partial charge in [0.2, 0.25) is 5.91 Å². The molecule has 3 rings (SSSR count). The van der Waals surface area contributed by atoms with Gasteiger partial charge in [-0.1, -0.05) is 36.6 Å². The van der Waals surface area contributed by atoms with Crippen LogP contribution < -0.4 is 5.32 Å². The van der Waals surface area contributed by atoms with Crippen LogP contribution in [0.5, 0.6) is 0 Å². The summed E-state index contributed by atoms with van der Waals surface area (Å²) in [5.74, 6) is -3.22. The number of rotatable bonds is 5. The SMILES string of the molecule is COC(=O)c1c(-c2ccc(Cl)cc2)csc1NC(=O)C1CCCCC1C(=O)O. The summed E-state index contributed by atoms with van der Waals surface area (Å²) in [5, 5.41) is 14.9. The molecule has 1 aliphatic rings. The molecule has 0 aliphatic heterocycles. The second-order valence-corrected chi connectivity index (χ2v) is 7.99. The number of carbonyl (C=O) groups is 3. The zero-order valence-corrected chi connectivity index (χ0v) is 16.8. The van der Waals surface area contributed by atoms with Gasteiger partial charge >= 0.3 is 11.9 Å². The number of aliphatic carboxylic acids is 1. The summed E-state index contributed by atoms with van der Waals surface area (Å²) in [5.41, 5.74) is 1.65. The third kappa shape index (κ3) is 4.20. The Labute approximate surface area is 171 Å². The molecule has 6 nitrogen and oxygen atoms in total. The molecule has 28 heavy (non-hydrogen) atoms. The predicted octanol–water partition coefficient (Wildman–Crippen LogP) is 4.68. The number of carboxylic acid groups (broad SMARTS) is 1. The monoisotopic (exact) mass is 421 g/mol. The van der Waals surface area contributed by atoms with Gasteiger partial charge in [0.25, 0.3) is 0 Å². The fraction of sp³-hybridized carbons (Fsp3) is 0.350. The second kappa shape index (κ2) is 8.75. The topological polar surface area (TPSA) is 92.7 Å². The van der Waals surface area contributed by atoms with Crippen LogP contribution in [0.1, 0.15) is 36.0 Å². The number of nitrogens with one attached hydrogen (secondary N) is 1. The van der Waals surface area contributed by atoms with Crippen LogP contribution in [0.15, 0.2) is 29.6 Å². The maximum absolute atomic E-state index is 12.8. The molecule has 0 saturated heterocycles. The molecule has 0 radical (unpaired) electrons. The lowest BCUT2D eigenvalue weighted by Crippen LogP contribution is -2.36. The third-order valence-corrected chi connectivity index (χ3v) is 6.14. The largest absolute Gasteiger partial charge is 0.481 e. The highest BCUT2D eigenvalue weighted by Crippen LogP contribution is 2.38. The third-order valence-electron chi connectivity index (χ3n) is 4.99. The number of esters is 1. The molecule has 2 aromatic rings. The summed E-state index contributed by atoms with van der Waals surface area (Å²) in [4.78, 5) is 36.7. The Kier molecular flexibility index (Phi) is 6.36. The molecule has 2 unspecified atom stereocenters. The Bertz CT molecular complexity index is 893. The van der Waals surface area contributed by atoms with Crippen molar-refractivity contribution >= 4 is 45.8 Å². The quantitative estimate of drug-likeness (QED) is 0.683. The molecule has 2 atom stereocenters. The van der Waals surface area contributed by atoms with Gasteiger partial charge < -0.3 is 15.2 Å². The smallest absolute Gasteiger partial charge is 0.341 e. The van der Waals surface area contributed by atoms with Crippen LogP contribution in [-0.4, -0.2) is 30.1 Å². The van der Waals surface area contributed by atoms with E-state index in [0.717, 1.165) is 18.4 Å². The van der Waals surface area contributed by atoms with Gasteiger partial charge in [-0.15, -0.1) is 11.3 Å². The summed E-state index contributed by atoms with van der Waals surface area (Å²) in [6.45, 7) is 0. The van der Waals surface area contributed by atoms with E-state index in [1.165, 1.54) is 18.4 Å². The van der Waals surface area contributed by atoms with Gasteiger partial charge in [-0.2, -0.15) is 0 Å². The summed E-state index contributed by atoms with van der Waals surface area (Å²) in [7, 11) is 1.28. The number of benzene rings is 1. The molecule has 1 heterocycles. The molecule has 148 valence electrons. The van der Waals surface area contributed by atoms with Gasteiger partial charge in [0.05, 0.1) is 18.9 Å². The van der Waals surface area contributed by atoms with Crippen molar-refractivity contribution in [1.82, 2.24) is 0 Å². The van der Waals surface area contributed by atoms with Gasteiger partial charge in [-0.25, -0.2) is 4.79 Å². The minimum absolute atomic E-state index is 0.255. The molecule has 2 N–H and O–H groups in total. The van der Waals surface area contributed by atoms with E-state index in [1.54, 1.807) is 29.6 Å². The van der Waals surface area contributed by atoms with E-state index < -0.39 is 23.8 Å². The Morgan fingerprint density at radius 2 is 1.79 bits per heavy atom. The van der Waals surface area contributed by atoms with Crippen molar-refractivity contribution < 1.29 is 24.2 Å². The molecule has 1 aromatic carbocycles. The zero-order chi connectivity index (χ0) is 20.3. The highest BCUT2D eigenvalue weighted by atomic mass is 35.5. The number of thiophene rings is 1. The molecular formula is C20H20ClNO5S. The number of hydrogen-bond donors (Lipinski definition) is 2. The van der Waals surface area contributed by atoms with Crippen LogP contribution in [0.2, 0.25) is 5.02 Å². The zero-order valence-electron chi connectivity index (χ0n) is 15.2. The lowest BCUT2D eigenvalue weighted by molar-refractivity contribution is -0.147. The van der Waals surface area contributed by atoms with Gasteiger partial charge in [0.15, 0.2) is 0 Å². The van der Waals surface area contributed by atoms with E-state index in [2.05, 4.69) is 5.32 Å². The molecule has 8 heteroatoms. The van der Waals surface area contributed by atoms with E-state index in [1.807, 2.05) is 0 Å². The van der Waals surface area contributed by atoms with Crippen molar-refractivity contribution in [3.63, 3.8) is 0 Å². The molecular weight excluding hydrogens is 402 g/mol. The van der Waals surface area contributed by atoms with Gasteiger partial charge in [0, 0.05) is 16.0 Å². The fourth-order valence-electron chi connectivity index (χ4n) is 3.54. The minimum Gasteiger partial charge on any atom is -0.481 e. The highest BCUT2D eigenvalue weighted by Gasteiger charge is 2.36. The first kappa shape index (κ1) is 20.4. The van der Waals surface area contributed by atoms with Crippen molar-refractivity contribution in [2.45, 2.75) is 25.7 Å². The Morgan fingerprint density at radius 1 is 1.14 bits per heavy atom. The molecule has 0 spiro atoms. The first-order valence-corrected chi connectivity index (χ1v) is 10.2. The van der Waals surface area contributed by atoms with Crippen molar-refractivity contribution in [2.75, 3.05) is 12.4 Å². The lowest BCUT2D eigenvalue weighted by Gasteiger charge is -2.27. The predicted molar refractivity (Wildman–Crippen MR) is 108 cm³/mol. The van der Waals surface area contributed by atoms with Crippen molar-refractivity contribution in [1.29, 1.82) is 0 Å². The van der Waals surface area contributed by atoms with Crippen LogP contribution >= 0.6 is 22.9 Å².